The van der Waals surface area contributed by atoms with E-state index in [4.69, 9.17) is 0 Å². The first-order valence-electron chi connectivity index (χ1n) is 10.4. The van der Waals surface area contributed by atoms with Gasteiger partial charge in [0.05, 0.1) is 0 Å². The molecule has 1 saturated carbocycles. The van der Waals surface area contributed by atoms with Crippen LogP contribution in [0.2, 0.25) is 0 Å². The van der Waals surface area contributed by atoms with Gasteiger partial charge in [-0.25, -0.2) is 0 Å². The number of nitrogens with one attached hydrogen (secondary N) is 3. The molecular weight excluding hydrogens is 354 g/mol. The predicted octanol–water partition coefficient (Wildman–Crippen LogP) is 4.12. The van der Waals surface area contributed by atoms with Crippen LogP contribution in [0.1, 0.15) is 76.6 Å². The van der Waals surface area contributed by atoms with E-state index in [9.17, 15) is 14.7 Å². The number of aliphatic hydroxyl groups is 1. The molecule has 6 heteroatoms. The monoisotopic (exact) mass is 389 g/mol. The van der Waals surface area contributed by atoms with Crippen molar-refractivity contribution in [1.29, 1.82) is 0 Å². The van der Waals surface area contributed by atoms with Gasteiger partial charge >= 0.3 is 0 Å². The van der Waals surface area contributed by atoms with Gasteiger partial charge in [-0.05, 0) is 49.3 Å². The summed E-state index contributed by atoms with van der Waals surface area (Å²) < 4.78 is 0. The highest BCUT2D eigenvalue weighted by molar-refractivity contribution is 5.98. The molecule has 1 unspecified atom stereocenters. The summed E-state index contributed by atoms with van der Waals surface area (Å²) >= 11 is 0. The number of hydrogen-bond donors (Lipinski definition) is 4. The van der Waals surface area contributed by atoms with Gasteiger partial charge in [-0.15, -0.1) is 0 Å². The summed E-state index contributed by atoms with van der Waals surface area (Å²) in [6.07, 6.45) is 4.59. The number of benzene rings is 1. The van der Waals surface area contributed by atoms with Crippen molar-refractivity contribution < 1.29 is 14.7 Å². The van der Waals surface area contributed by atoms with E-state index in [0.29, 0.717) is 35.7 Å². The lowest BCUT2D eigenvalue weighted by atomic mass is 10.1. The van der Waals surface area contributed by atoms with Crippen LogP contribution in [-0.2, 0) is 4.79 Å². The highest BCUT2D eigenvalue weighted by Gasteiger charge is 2.19. The zero-order chi connectivity index (χ0) is 20.7. The van der Waals surface area contributed by atoms with E-state index in [1.165, 1.54) is 0 Å². The molecule has 1 aromatic rings. The van der Waals surface area contributed by atoms with Gasteiger partial charge in [-0.3, -0.25) is 9.59 Å². The van der Waals surface area contributed by atoms with Crippen molar-refractivity contribution >= 4 is 23.2 Å². The normalized spacial score (nSPS) is 15.7. The van der Waals surface area contributed by atoms with Gasteiger partial charge in [0.2, 0.25) is 5.91 Å². The summed E-state index contributed by atoms with van der Waals surface area (Å²) in [6, 6.07) is 5.40. The minimum atomic E-state index is -0.715. The zero-order valence-corrected chi connectivity index (χ0v) is 17.5. The van der Waals surface area contributed by atoms with Crippen LogP contribution in [0.3, 0.4) is 0 Å². The van der Waals surface area contributed by atoms with Gasteiger partial charge in [0, 0.05) is 29.4 Å². The van der Waals surface area contributed by atoms with Crippen LogP contribution in [-0.4, -0.2) is 29.2 Å². The highest BCUT2D eigenvalue weighted by Crippen LogP contribution is 2.23. The second-order valence-corrected chi connectivity index (χ2v) is 8.69. The molecule has 1 aromatic carbocycles. The van der Waals surface area contributed by atoms with Gasteiger partial charge in [-0.1, -0.05) is 40.5 Å². The second-order valence-electron chi connectivity index (χ2n) is 8.69. The van der Waals surface area contributed by atoms with Crippen molar-refractivity contribution in [3.8, 4) is 0 Å². The van der Waals surface area contributed by atoms with E-state index in [2.05, 4.69) is 16.0 Å². The quantitative estimate of drug-likeness (QED) is 0.478. The van der Waals surface area contributed by atoms with E-state index in [1.54, 1.807) is 18.2 Å². The summed E-state index contributed by atoms with van der Waals surface area (Å²) in [5, 5.41) is 19.2. The van der Waals surface area contributed by atoms with Crippen LogP contribution >= 0.6 is 0 Å². The SMILES string of the molecule is CC(C)CC(=O)Nc1cc(NC(O)CC(C)C)cc(C(=O)NC2CCCC2)c1. The maximum Gasteiger partial charge on any atom is 0.251 e. The van der Waals surface area contributed by atoms with E-state index in [0.717, 1.165) is 25.7 Å². The van der Waals surface area contributed by atoms with Crippen LogP contribution < -0.4 is 16.0 Å². The first-order chi connectivity index (χ1) is 13.2. The Balaban J connectivity index is 2.18. The second kappa shape index (κ2) is 10.5. The molecule has 0 radical (unpaired) electrons. The Morgan fingerprint density at radius 1 is 1.04 bits per heavy atom. The lowest BCUT2D eigenvalue weighted by Gasteiger charge is -2.19. The Morgan fingerprint density at radius 2 is 1.68 bits per heavy atom. The molecular formula is C22H35N3O3. The van der Waals surface area contributed by atoms with Gasteiger partial charge in [0.1, 0.15) is 6.23 Å². The average Bonchev–Trinajstić information content (AvgIpc) is 3.05. The molecule has 6 nitrogen and oxygen atoms in total. The van der Waals surface area contributed by atoms with Gasteiger partial charge < -0.3 is 21.1 Å². The summed E-state index contributed by atoms with van der Waals surface area (Å²) in [6.45, 7) is 8.04. The van der Waals surface area contributed by atoms with Gasteiger partial charge in [0.15, 0.2) is 0 Å². The number of amides is 2. The molecule has 0 heterocycles. The van der Waals surface area contributed by atoms with Crippen LogP contribution in [0.5, 0.6) is 0 Å². The minimum Gasteiger partial charge on any atom is -0.374 e. The molecule has 4 N–H and O–H groups in total. The third kappa shape index (κ3) is 7.50. The molecule has 0 spiro atoms. The van der Waals surface area contributed by atoms with E-state index < -0.39 is 6.23 Å². The lowest BCUT2D eigenvalue weighted by molar-refractivity contribution is -0.116. The minimum absolute atomic E-state index is 0.0861. The Bertz CT molecular complexity index is 667. The van der Waals surface area contributed by atoms with E-state index in [1.807, 2.05) is 27.7 Å². The maximum absolute atomic E-state index is 12.7. The number of hydrogen-bond acceptors (Lipinski definition) is 4. The van der Waals surface area contributed by atoms with Crippen LogP contribution in [0.15, 0.2) is 18.2 Å². The third-order valence-electron chi connectivity index (χ3n) is 4.79. The fourth-order valence-corrected chi connectivity index (χ4v) is 3.53. The zero-order valence-electron chi connectivity index (χ0n) is 17.5. The molecule has 2 amide bonds. The van der Waals surface area contributed by atoms with Crippen molar-refractivity contribution in [3.63, 3.8) is 0 Å². The molecule has 28 heavy (non-hydrogen) atoms. The fraction of sp³-hybridized carbons (Fsp3) is 0.636. The molecule has 0 saturated heterocycles. The third-order valence-corrected chi connectivity index (χ3v) is 4.79. The summed E-state index contributed by atoms with van der Waals surface area (Å²) in [7, 11) is 0. The number of anilines is 2. The summed E-state index contributed by atoms with van der Waals surface area (Å²) in [5.74, 6) is 0.353. The molecule has 1 fully saturated rings. The molecule has 156 valence electrons. The Kier molecular flexibility index (Phi) is 8.30. The van der Waals surface area contributed by atoms with Crippen molar-refractivity contribution in [1.82, 2.24) is 5.32 Å². The first-order valence-corrected chi connectivity index (χ1v) is 10.4. The number of carbonyl (C=O) groups excluding carboxylic acids is 2. The smallest absolute Gasteiger partial charge is 0.251 e. The van der Waals surface area contributed by atoms with E-state index in [-0.39, 0.29) is 23.8 Å². The number of aliphatic hydroxyl groups excluding tert-OH is 1. The number of carbonyl (C=O) groups is 2. The van der Waals surface area contributed by atoms with Gasteiger partial charge in [0.25, 0.3) is 5.91 Å². The molecule has 0 bridgehead atoms. The average molecular weight is 390 g/mol. The lowest BCUT2D eigenvalue weighted by Crippen LogP contribution is -2.32. The van der Waals surface area contributed by atoms with Crippen LogP contribution in [0.25, 0.3) is 0 Å². The summed E-state index contributed by atoms with van der Waals surface area (Å²) in [5.41, 5.74) is 1.66. The maximum atomic E-state index is 12.7. The van der Waals surface area contributed by atoms with Crippen LogP contribution in [0.4, 0.5) is 11.4 Å². The predicted molar refractivity (Wildman–Crippen MR) is 113 cm³/mol. The van der Waals surface area contributed by atoms with Gasteiger partial charge in [-0.2, -0.15) is 0 Å². The highest BCUT2D eigenvalue weighted by atomic mass is 16.3. The topological polar surface area (TPSA) is 90.5 Å². The van der Waals surface area contributed by atoms with Crippen LogP contribution in [0, 0.1) is 11.8 Å². The molecule has 1 aliphatic rings. The molecule has 0 aromatic heterocycles. The Labute approximate surface area is 168 Å². The van der Waals surface area contributed by atoms with Crippen molar-refractivity contribution in [2.24, 2.45) is 11.8 Å². The van der Waals surface area contributed by atoms with E-state index >= 15 is 0 Å². The van der Waals surface area contributed by atoms with Crippen molar-refractivity contribution in [3.05, 3.63) is 23.8 Å². The van der Waals surface area contributed by atoms with Crippen molar-refractivity contribution in [2.75, 3.05) is 10.6 Å². The first kappa shape index (κ1) is 22.2. The Hall–Kier alpha value is -2.08. The largest absolute Gasteiger partial charge is 0.374 e. The Morgan fingerprint density at radius 3 is 2.29 bits per heavy atom. The van der Waals surface area contributed by atoms with Crippen molar-refractivity contribution in [2.45, 2.75) is 78.5 Å². The molecule has 0 aliphatic heterocycles. The molecule has 2 rings (SSSR count). The standard InChI is InChI=1S/C22H35N3O3/c1-14(2)9-20(26)23-18-11-16(22(28)25-17-7-5-6-8-17)12-19(13-18)24-21(27)10-15(3)4/h11-15,17,20,23,26H,5-10H2,1-4H3,(H,24,27)(H,25,28). The summed E-state index contributed by atoms with van der Waals surface area (Å²) in [4.78, 5) is 24.9. The molecule has 1 atom stereocenters. The molecule has 1 aliphatic carbocycles. The number of rotatable bonds is 9. The fourth-order valence-electron chi connectivity index (χ4n) is 3.53.